The fourth-order valence-corrected chi connectivity index (χ4v) is 2.67. The lowest BCUT2D eigenvalue weighted by atomic mass is 10.0. The molecule has 0 bridgehead atoms. The summed E-state index contributed by atoms with van der Waals surface area (Å²) in [5.41, 5.74) is 1.78. The van der Waals surface area contributed by atoms with Crippen molar-refractivity contribution in [3.63, 3.8) is 0 Å². The van der Waals surface area contributed by atoms with Crippen LogP contribution in [0, 0.1) is 0 Å². The molecular weight excluding hydrogens is 320 g/mol. The number of rotatable bonds is 8. The highest BCUT2D eigenvalue weighted by molar-refractivity contribution is 5.44. The second kappa shape index (κ2) is 8.62. The third kappa shape index (κ3) is 4.57. The summed E-state index contributed by atoms with van der Waals surface area (Å²) in [4.78, 5) is 0. The first-order valence-electron chi connectivity index (χ1n) is 8.38. The number of aromatic hydroxyl groups is 1. The maximum absolute atomic E-state index is 10.6. The lowest BCUT2D eigenvalue weighted by Gasteiger charge is -2.23. The zero-order chi connectivity index (χ0) is 18.4. The van der Waals surface area contributed by atoms with Crippen LogP contribution in [0.25, 0.3) is 0 Å². The van der Waals surface area contributed by atoms with Crippen LogP contribution < -0.4 is 14.2 Å². The topological polar surface area (TPSA) is 68.2 Å². The molecule has 25 heavy (non-hydrogen) atoms. The highest BCUT2D eigenvalue weighted by Gasteiger charge is 2.21. The van der Waals surface area contributed by atoms with Crippen LogP contribution in [0.3, 0.4) is 0 Å². The van der Waals surface area contributed by atoms with Gasteiger partial charge in [-0.25, -0.2) is 0 Å². The van der Waals surface area contributed by atoms with E-state index in [2.05, 4.69) is 6.92 Å². The van der Waals surface area contributed by atoms with Crippen LogP contribution >= 0.6 is 0 Å². The Kier molecular flexibility index (Phi) is 6.53. The van der Waals surface area contributed by atoms with Gasteiger partial charge in [-0.3, -0.25) is 0 Å². The van der Waals surface area contributed by atoms with Crippen molar-refractivity contribution in [2.24, 2.45) is 0 Å². The molecule has 2 aromatic rings. The van der Waals surface area contributed by atoms with E-state index in [9.17, 15) is 10.2 Å². The van der Waals surface area contributed by atoms with Gasteiger partial charge in [-0.1, -0.05) is 25.5 Å². The smallest absolute Gasteiger partial charge is 0.161 e. The molecule has 0 saturated carbocycles. The van der Waals surface area contributed by atoms with Gasteiger partial charge in [-0.2, -0.15) is 0 Å². The molecule has 0 saturated heterocycles. The molecule has 0 spiro atoms. The summed E-state index contributed by atoms with van der Waals surface area (Å²) in [7, 11) is 3.07. The predicted molar refractivity (Wildman–Crippen MR) is 96.7 cm³/mol. The highest BCUT2D eigenvalue weighted by Crippen LogP contribution is 2.34. The maximum atomic E-state index is 10.6. The monoisotopic (exact) mass is 346 g/mol. The quantitative estimate of drug-likeness (QED) is 0.759. The number of aliphatic hydroxyl groups is 1. The number of hydrogen-bond acceptors (Lipinski definition) is 5. The number of aliphatic hydroxyl groups excluding tert-OH is 1. The van der Waals surface area contributed by atoms with Gasteiger partial charge in [0.05, 0.1) is 14.2 Å². The van der Waals surface area contributed by atoms with Crippen LogP contribution in [0.1, 0.15) is 37.5 Å². The summed E-state index contributed by atoms with van der Waals surface area (Å²) < 4.78 is 16.4. The van der Waals surface area contributed by atoms with Crippen LogP contribution in [0.4, 0.5) is 0 Å². The zero-order valence-corrected chi connectivity index (χ0v) is 15.2. The molecule has 0 amide bonds. The summed E-state index contributed by atoms with van der Waals surface area (Å²) >= 11 is 0. The molecule has 0 aliphatic carbocycles. The van der Waals surface area contributed by atoms with Crippen molar-refractivity contribution >= 4 is 0 Å². The van der Waals surface area contributed by atoms with E-state index in [0.717, 1.165) is 12.8 Å². The number of ether oxygens (including phenoxy) is 3. The van der Waals surface area contributed by atoms with E-state index in [1.807, 2.05) is 18.2 Å². The maximum Gasteiger partial charge on any atom is 0.161 e. The molecule has 2 rings (SSSR count). The predicted octanol–water partition coefficient (Wildman–Crippen LogP) is 3.86. The SMILES string of the molecule is CCCc1ccc(OC(C)C(O)c2ccc(O)c(OC)c2)c(OC)c1. The van der Waals surface area contributed by atoms with Crippen LogP contribution in [0.5, 0.6) is 23.0 Å². The Labute approximate surface area is 148 Å². The molecule has 2 N–H and O–H groups in total. The second-order valence-electron chi connectivity index (χ2n) is 5.93. The van der Waals surface area contributed by atoms with Crippen molar-refractivity contribution in [1.29, 1.82) is 0 Å². The van der Waals surface area contributed by atoms with E-state index >= 15 is 0 Å². The standard InChI is InChI=1S/C20H26O5/c1-5-6-14-7-10-17(19(11-14)24-4)25-13(2)20(22)15-8-9-16(21)18(12-15)23-3/h7-13,20-22H,5-6H2,1-4H3. The first-order valence-corrected chi connectivity index (χ1v) is 8.38. The van der Waals surface area contributed by atoms with Crippen LogP contribution in [-0.4, -0.2) is 30.5 Å². The number of hydrogen-bond donors (Lipinski definition) is 2. The third-order valence-corrected chi connectivity index (χ3v) is 4.07. The average Bonchev–Trinajstić information content (AvgIpc) is 2.62. The lowest BCUT2D eigenvalue weighted by Crippen LogP contribution is -2.22. The van der Waals surface area contributed by atoms with Crippen molar-refractivity contribution in [2.75, 3.05) is 14.2 Å². The van der Waals surface area contributed by atoms with Crippen molar-refractivity contribution < 1.29 is 24.4 Å². The van der Waals surface area contributed by atoms with Gasteiger partial charge < -0.3 is 24.4 Å². The van der Waals surface area contributed by atoms with Crippen molar-refractivity contribution in [3.8, 4) is 23.0 Å². The second-order valence-corrected chi connectivity index (χ2v) is 5.93. The summed E-state index contributed by atoms with van der Waals surface area (Å²) in [5.74, 6) is 1.57. The largest absolute Gasteiger partial charge is 0.504 e. The van der Waals surface area contributed by atoms with Gasteiger partial charge in [0.25, 0.3) is 0 Å². The fraction of sp³-hybridized carbons (Fsp3) is 0.400. The van der Waals surface area contributed by atoms with E-state index in [1.165, 1.54) is 18.7 Å². The van der Waals surface area contributed by atoms with Crippen molar-refractivity contribution in [2.45, 2.75) is 38.9 Å². The molecule has 5 heteroatoms. The first kappa shape index (κ1) is 18.9. The Morgan fingerprint density at radius 1 is 0.960 bits per heavy atom. The molecule has 0 heterocycles. The van der Waals surface area contributed by atoms with Crippen molar-refractivity contribution in [3.05, 3.63) is 47.5 Å². The number of phenolic OH excluding ortho intramolecular Hbond substituents is 1. The third-order valence-electron chi connectivity index (χ3n) is 4.07. The fourth-order valence-electron chi connectivity index (χ4n) is 2.67. The Bertz CT molecular complexity index is 698. The molecule has 2 unspecified atom stereocenters. The minimum Gasteiger partial charge on any atom is -0.504 e. The van der Waals surface area contributed by atoms with Crippen LogP contribution in [-0.2, 0) is 6.42 Å². The molecule has 2 aromatic carbocycles. The summed E-state index contributed by atoms with van der Waals surface area (Å²) in [6, 6.07) is 10.6. The van der Waals surface area contributed by atoms with Gasteiger partial charge in [-0.15, -0.1) is 0 Å². The molecule has 0 aromatic heterocycles. The number of phenols is 1. The normalized spacial score (nSPS) is 13.2. The van der Waals surface area contributed by atoms with Gasteiger partial charge in [0.1, 0.15) is 12.2 Å². The molecule has 0 fully saturated rings. The van der Waals surface area contributed by atoms with E-state index in [-0.39, 0.29) is 5.75 Å². The molecular formula is C20H26O5. The number of benzene rings is 2. The average molecular weight is 346 g/mol. The molecule has 0 aliphatic heterocycles. The molecule has 0 aliphatic rings. The first-order chi connectivity index (χ1) is 12.0. The van der Waals surface area contributed by atoms with Gasteiger partial charge in [0.15, 0.2) is 23.0 Å². The molecule has 2 atom stereocenters. The minimum absolute atomic E-state index is 0.0280. The Morgan fingerprint density at radius 3 is 2.32 bits per heavy atom. The summed E-state index contributed by atoms with van der Waals surface area (Å²) in [5, 5.41) is 20.2. The number of aryl methyl sites for hydroxylation is 1. The van der Waals surface area contributed by atoms with E-state index in [4.69, 9.17) is 14.2 Å². The van der Waals surface area contributed by atoms with Gasteiger partial charge >= 0.3 is 0 Å². The van der Waals surface area contributed by atoms with E-state index in [0.29, 0.717) is 22.8 Å². The lowest BCUT2D eigenvalue weighted by molar-refractivity contribution is 0.0449. The summed E-state index contributed by atoms with van der Waals surface area (Å²) in [6.45, 7) is 3.91. The van der Waals surface area contributed by atoms with Crippen LogP contribution in [0.2, 0.25) is 0 Å². The minimum atomic E-state index is -0.880. The molecule has 136 valence electrons. The van der Waals surface area contributed by atoms with Crippen LogP contribution in [0.15, 0.2) is 36.4 Å². The van der Waals surface area contributed by atoms with E-state index in [1.54, 1.807) is 26.2 Å². The van der Waals surface area contributed by atoms with E-state index < -0.39 is 12.2 Å². The molecule has 5 nitrogen and oxygen atoms in total. The highest BCUT2D eigenvalue weighted by atomic mass is 16.5. The Hall–Kier alpha value is -2.40. The van der Waals surface area contributed by atoms with Gasteiger partial charge in [-0.05, 0) is 48.7 Å². The van der Waals surface area contributed by atoms with Gasteiger partial charge in [0.2, 0.25) is 0 Å². The van der Waals surface area contributed by atoms with Gasteiger partial charge in [0, 0.05) is 0 Å². The Balaban J connectivity index is 2.17. The molecule has 0 radical (unpaired) electrons. The number of methoxy groups -OCH3 is 2. The van der Waals surface area contributed by atoms with Crippen molar-refractivity contribution in [1.82, 2.24) is 0 Å². The summed E-state index contributed by atoms with van der Waals surface area (Å²) in [6.07, 6.45) is 0.637. The Morgan fingerprint density at radius 2 is 1.68 bits per heavy atom. The zero-order valence-electron chi connectivity index (χ0n) is 15.2.